The van der Waals surface area contributed by atoms with Gasteiger partial charge in [-0.3, -0.25) is 4.90 Å². The number of carbonyl (C=O) groups is 1. The highest BCUT2D eigenvalue weighted by Gasteiger charge is 2.30. The molecule has 1 fully saturated rings. The number of amides is 1. The lowest BCUT2D eigenvalue weighted by Crippen LogP contribution is -2.54. The molecule has 1 amide bonds. The lowest BCUT2D eigenvalue weighted by atomic mass is 9.98. The Bertz CT molecular complexity index is 625. The number of aryl methyl sites for hydroxylation is 2. The predicted molar refractivity (Wildman–Crippen MR) is 103 cm³/mol. The van der Waals surface area contributed by atoms with Gasteiger partial charge in [0.2, 0.25) is 0 Å². The minimum atomic E-state index is -0.450. The lowest BCUT2D eigenvalue weighted by Gasteiger charge is -2.40. The summed E-state index contributed by atoms with van der Waals surface area (Å²) in [4.78, 5) is 16.5. The number of hydrogen-bond acceptors (Lipinski definition) is 3. The molecule has 1 saturated heterocycles. The Morgan fingerprint density at radius 1 is 1.32 bits per heavy atom. The highest BCUT2D eigenvalue weighted by atomic mass is 35.5. The summed E-state index contributed by atoms with van der Waals surface area (Å²) < 4.78 is 5.50. The van der Waals surface area contributed by atoms with Gasteiger partial charge in [-0.1, -0.05) is 18.5 Å². The van der Waals surface area contributed by atoms with Crippen LogP contribution in [0.3, 0.4) is 0 Å². The highest BCUT2D eigenvalue weighted by Crippen LogP contribution is 2.25. The maximum atomic E-state index is 12.3. The molecule has 0 saturated carbocycles. The lowest BCUT2D eigenvalue weighted by molar-refractivity contribution is 0.00454. The molecule has 0 N–H and O–H groups in total. The van der Waals surface area contributed by atoms with E-state index in [1.54, 1.807) is 0 Å². The fraction of sp³-hybridized carbons (Fsp3) is 0.650. The molecule has 0 spiro atoms. The van der Waals surface area contributed by atoms with E-state index in [1.807, 2.05) is 31.7 Å². The van der Waals surface area contributed by atoms with Crippen molar-refractivity contribution in [2.24, 2.45) is 0 Å². The summed E-state index contributed by atoms with van der Waals surface area (Å²) in [6, 6.07) is 4.41. The van der Waals surface area contributed by atoms with E-state index in [4.69, 9.17) is 16.3 Å². The van der Waals surface area contributed by atoms with Gasteiger partial charge in [0.25, 0.3) is 0 Å². The largest absolute Gasteiger partial charge is 0.444 e. The van der Waals surface area contributed by atoms with E-state index < -0.39 is 5.60 Å². The van der Waals surface area contributed by atoms with Gasteiger partial charge in [0.15, 0.2) is 0 Å². The molecular formula is C20H31ClN2O2. The Hall–Kier alpha value is -1.26. The quantitative estimate of drug-likeness (QED) is 0.780. The van der Waals surface area contributed by atoms with Crippen LogP contribution >= 0.6 is 11.6 Å². The van der Waals surface area contributed by atoms with Crippen LogP contribution in [0, 0.1) is 6.92 Å². The Balaban J connectivity index is 2.04. The first kappa shape index (κ1) is 20.1. The summed E-state index contributed by atoms with van der Waals surface area (Å²) in [6.45, 7) is 15.3. The van der Waals surface area contributed by atoms with Crippen molar-refractivity contribution in [3.8, 4) is 0 Å². The molecule has 25 heavy (non-hydrogen) atoms. The fourth-order valence-corrected chi connectivity index (χ4v) is 3.61. The highest BCUT2D eigenvalue weighted by molar-refractivity contribution is 6.30. The van der Waals surface area contributed by atoms with Gasteiger partial charge in [0, 0.05) is 37.2 Å². The molecule has 1 atom stereocenters. The van der Waals surface area contributed by atoms with Crippen LogP contribution < -0.4 is 0 Å². The number of ether oxygens (including phenoxy) is 1. The second-order valence-electron chi connectivity index (χ2n) is 7.96. The first-order chi connectivity index (χ1) is 11.6. The molecule has 1 aromatic rings. The average molecular weight is 367 g/mol. The monoisotopic (exact) mass is 366 g/mol. The van der Waals surface area contributed by atoms with E-state index in [-0.39, 0.29) is 6.09 Å². The fourth-order valence-electron chi connectivity index (χ4n) is 3.31. The van der Waals surface area contributed by atoms with Gasteiger partial charge in [0.1, 0.15) is 5.60 Å². The van der Waals surface area contributed by atoms with E-state index in [0.29, 0.717) is 19.1 Å². The first-order valence-corrected chi connectivity index (χ1v) is 9.48. The van der Waals surface area contributed by atoms with Crippen molar-refractivity contribution in [2.45, 2.75) is 66.2 Å². The standard InChI is InChI=1S/C20H31ClN2O2/c1-7-16-11-17(21)10-14(2)18(16)13-22-8-9-23(12-15(22)3)19(24)25-20(4,5)6/h10-11,15H,7-9,12-13H2,1-6H3. The smallest absolute Gasteiger partial charge is 0.410 e. The number of nitrogens with zero attached hydrogens (tertiary/aromatic N) is 2. The number of carbonyl (C=O) groups excluding carboxylic acids is 1. The Labute approximate surface area is 157 Å². The number of piperazine rings is 1. The normalized spacial score (nSPS) is 19.2. The van der Waals surface area contributed by atoms with Crippen LogP contribution in [0.15, 0.2) is 12.1 Å². The third kappa shape index (κ3) is 5.35. The van der Waals surface area contributed by atoms with E-state index in [0.717, 1.165) is 24.5 Å². The van der Waals surface area contributed by atoms with Crippen molar-refractivity contribution >= 4 is 17.7 Å². The molecule has 1 aliphatic heterocycles. The zero-order chi connectivity index (χ0) is 18.8. The molecule has 0 aliphatic carbocycles. The average Bonchev–Trinajstić information content (AvgIpc) is 2.49. The summed E-state index contributed by atoms with van der Waals surface area (Å²) in [5.41, 5.74) is 3.47. The Kier molecular flexibility index (Phi) is 6.39. The molecule has 1 unspecified atom stereocenters. The molecule has 0 radical (unpaired) electrons. The van der Waals surface area contributed by atoms with E-state index in [2.05, 4.69) is 31.7 Å². The molecule has 2 rings (SSSR count). The number of benzene rings is 1. The van der Waals surface area contributed by atoms with Crippen LogP contribution in [0.2, 0.25) is 5.02 Å². The van der Waals surface area contributed by atoms with E-state index in [1.165, 1.54) is 16.7 Å². The number of hydrogen-bond donors (Lipinski definition) is 0. The van der Waals surface area contributed by atoms with Crippen LogP contribution in [0.25, 0.3) is 0 Å². The van der Waals surface area contributed by atoms with E-state index >= 15 is 0 Å². The second-order valence-corrected chi connectivity index (χ2v) is 8.40. The SMILES string of the molecule is CCc1cc(Cl)cc(C)c1CN1CCN(C(=O)OC(C)(C)C)CC1C. The topological polar surface area (TPSA) is 32.8 Å². The maximum absolute atomic E-state index is 12.3. The minimum Gasteiger partial charge on any atom is -0.444 e. The van der Waals surface area contributed by atoms with Crippen LogP contribution in [0.1, 0.15) is 51.3 Å². The Morgan fingerprint density at radius 2 is 2.00 bits per heavy atom. The molecule has 0 bridgehead atoms. The molecule has 4 nitrogen and oxygen atoms in total. The van der Waals surface area contributed by atoms with Gasteiger partial charge in [0.05, 0.1) is 0 Å². The molecule has 5 heteroatoms. The molecule has 1 heterocycles. The third-order valence-corrected chi connectivity index (χ3v) is 4.91. The molecule has 0 aromatic heterocycles. The van der Waals surface area contributed by atoms with Gasteiger partial charge in [-0.05, 0) is 69.9 Å². The van der Waals surface area contributed by atoms with Crippen LogP contribution in [0.4, 0.5) is 4.79 Å². The van der Waals surface area contributed by atoms with Crippen molar-refractivity contribution in [3.05, 3.63) is 33.8 Å². The zero-order valence-corrected chi connectivity index (χ0v) is 17.1. The maximum Gasteiger partial charge on any atom is 0.410 e. The van der Waals surface area contributed by atoms with Gasteiger partial charge >= 0.3 is 6.09 Å². The first-order valence-electron chi connectivity index (χ1n) is 9.10. The summed E-state index contributed by atoms with van der Waals surface area (Å²) >= 11 is 6.21. The second kappa shape index (κ2) is 7.96. The van der Waals surface area contributed by atoms with E-state index in [9.17, 15) is 4.79 Å². The molecule has 140 valence electrons. The summed E-state index contributed by atoms with van der Waals surface area (Å²) in [7, 11) is 0. The van der Waals surface area contributed by atoms with Gasteiger partial charge in [-0.15, -0.1) is 0 Å². The number of rotatable bonds is 3. The Morgan fingerprint density at radius 3 is 2.56 bits per heavy atom. The summed E-state index contributed by atoms with van der Waals surface area (Å²) in [5, 5.41) is 0.806. The van der Waals surface area contributed by atoms with Crippen molar-refractivity contribution in [1.82, 2.24) is 9.80 Å². The van der Waals surface area contributed by atoms with Crippen molar-refractivity contribution in [1.29, 1.82) is 0 Å². The van der Waals surface area contributed by atoms with Crippen molar-refractivity contribution in [3.63, 3.8) is 0 Å². The molecule has 1 aromatic carbocycles. The third-order valence-electron chi connectivity index (χ3n) is 4.69. The van der Waals surface area contributed by atoms with Crippen LogP contribution in [-0.4, -0.2) is 47.2 Å². The molecule has 1 aliphatic rings. The zero-order valence-electron chi connectivity index (χ0n) is 16.4. The van der Waals surface area contributed by atoms with Crippen molar-refractivity contribution in [2.75, 3.05) is 19.6 Å². The van der Waals surface area contributed by atoms with Crippen LogP contribution in [-0.2, 0) is 17.7 Å². The van der Waals surface area contributed by atoms with Gasteiger partial charge in [-0.2, -0.15) is 0 Å². The van der Waals surface area contributed by atoms with Crippen LogP contribution in [0.5, 0.6) is 0 Å². The summed E-state index contributed by atoms with van der Waals surface area (Å²) in [6.07, 6.45) is 0.763. The summed E-state index contributed by atoms with van der Waals surface area (Å²) in [5.74, 6) is 0. The number of halogens is 1. The van der Waals surface area contributed by atoms with Crippen molar-refractivity contribution < 1.29 is 9.53 Å². The minimum absolute atomic E-state index is 0.212. The predicted octanol–water partition coefficient (Wildman–Crippen LogP) is 4.65. The van der Waals surface area contributed by atoms with Gasteiger partial charge < -0.3 is 9.64 Å². The molecular weight excluding hydrogens is 336 g/mol. The van der Waals surface area contributed by atoms with Gasteiger partial charge in [-0.25, -0.2) is 4.79 Å².